The first-order valence-electron chi connectivity index (χ1n) is 21.8. The molecule has 330 valence electrons. The zero-order chi connectivity index (χ0) is 46.2. The van der Waals surface area contributed by atoms with Gasteiger partial charge < -0.3 is 26.0 Å². The molecule has 61 heavy (non-hydrogen) atoms. The molecule has 0 saturated heterocycles. The van der Waals surface area contributed by atoms with Crippen molar-refractivity contribution in [2.24, 2.45) is 0 Å². The smallest absolute Gasteiger partial charge is 0.224 e. The summed E-state index contributed by atoms with van der Waals surface area (Å²) in [4.78, 5) is 27.1. The molecular weight excluding hydrogens is 757 g/mol. The van der Waals surface area contributed by atoms with Crippen molar-refractivity contribution in [1.82, 2.24) is 0 Å². The number of rotatable bonds is 11. The zero-order valence-electron chi connectivity index (χ0n) is 40.1. The molecular formula is C54H74N2O5. The Bertz CT molecular complexity index is 2230. The molecule has 0 fully saturated rings. The van der Waals surface area contributed by atoms with E-state index < -0.39 is 5.41 Å². The van der Waals surface area contributed by atoms with E-state index in [0.29, 0.717) is 53.3 Å². The monoisotopic (exact) mass is 831 g/mol. The average molecular weight is 831 g/mol. The minimum Gasteiger partial charge on any atom is -0.507 e. The number of benzene rings is 4. The molecule has 0 atom stereocenters. The van der Waals surface area contributed by atoms with Gasteiger partial charge in [0.15, 0.2) is 0 Å². The minimum atomic E-state index is -0.421. The van der Waals surface area contributed by atoms with Crippen LogP contribution in [0.1, 0.15) is 179 Å². The lowest BCUT2D eigenvalue weighted by atomic mass is 9.78. The minimum absolute atomic E-state index is 0.133. The Labute approximate surface area is 367 Å². The third kappa shape index (κ3) is 12.5. The van der Waals surface area contributed by atoms with Crippen LogP contribution in [-0.2, 0) is 55.9 Å². The molecule has 0 aliphatic heterocycles. The Kier molecular flexibility index (Phi) is 14.1. The highest BCUT2D eigenvalue weighted by Crippen LogP contribution is 2.42. The van der Waals surface area contributed by atoms with Gasteiger partial charge in [-0.3, -0.25) is 9.59 Å². The van der Waals surface area contributed by atoms with Crippen molar-refractivity contribution >= 4 is 28.8 Å². The fraction of sp³-hybridized carbons (Fsp3) is 0.481. The molecule has 4 aromatic rings. The van der Waals surface area contributed by atoms with Gasteiger partial charge in [0, 0.05) is 41.8 Å². The Balaban J connectivity index is 1.59. The van der Waals surface area contributed by atoms with Crippen molar-refractivity contribution in [1.29, 1.82) is 0 Å². The number of hydrogen-bond acceptors (Lipinski definition) is 5. The van der Waals surface area contributed by atoms with Crippen LogP contribution in [0.3, 0.4) is 0 Å². The first kappa shape index (κ1) is 48.6. The van der Waals surface area contributed by atoms with Crippen LogP contribution in [0.5, 0.6) is 17.2 Å². The summed E-state index contributed by atoms with van der Waals surface area (Å²) in [6, 6.07) is 17.6. The van der Waals surface area contributed by atoms with Gasteiger partial charge in [0.2, 0.25) is 11.8 Å². The molecule has 0 heterocycles. The molecule has 0 spiro atoms. The number of aromatic hydroxyl groups is 3. The zero-order valence-corrected chi connectivity index (χ0v) is 40.1. The van der Waals surface area contributed by atoms with E-state index in [1.807, 2.05) is 82.3 Å². The van der Waals surface area contributed by atoms with Crippen molar-refractivity contribution in [2.45, 2.75) is 170 Å². The number of phenols is 3. The molecule has 0 radical (unpaired) electrons. The highest BCUT2D eigenvalue weighted by Gasteiger charge is 2.29. The highest BCUT2D eigenvalue weighted by molar-refractivity contribution is 5.92. The van der Waals surface area contributed by atoms with E-state index in [0.717, 1.165) is 50.1 Å². The van der Waals surface area contributed by atoms with Gasteiger partial charge in [-0.25, -0.2) is 0 Å². The molecule has 5 N–H and O–H groups in total. The quantitative estimate of drug-likeness (QED) is 0.0965. The van der Waals surface area contributed by atoms with E-state index in [-0.39, 0.29) is 52.1 Å². The van der Waals surface area contributed by atoms with E-state index >= 15 is 0 Å². The number of aryl methyl sites for hydroxylation is 2. The summed E-state index contributed by atoms with van der Waals surface area (Å²) >= 11 is 0. The molecule has 0 saturated carbocycles. The van der Waals surface area contributed by atoms with Crippen molar-refractivity contribution in [3.8, 4) is 17.2 Å². The lowest BCUT2D eigenvalue weighted by Gasteiger charge is -2.28. The topological polar surface area (TPSA) is 119 Å². The molecule has 7 nitrogen and oxygen atoms in total. The van der Waals surface area contributed by atoms with E-state index in [2.05, 4.69) is 100 Å². The van der Waals surface area contributed by atoms with E-state index in [9.17, 15) is 24.9 Å². The summed E-state index contributed by atoms with van der Waals surface area (Å²) in [7, 11) is 0. The van der Waals surface area contributed by atoms with Crippen LogP contribution in [0.15, 0.2) is 61.2 Å². The number of phenolic OH excluding ortho intramolecular Hbond substituents is 3. The van der Waals surface area contributed by atoms with Gasteiger partial charge in [-0.2, -0.15) is 0 Å². The summed E-state index contributed by atoms with van der Waals surface area (Å²) < 4.78 is 0. The normalized spacial score (nSPS) is 12.7. The number of anilines is 2. The molecule has 0 aliphatic carbocycles. The largest absolute Gasteiger partial charge is 0.507 e. The van der Waals surface area contributed by atoms with Crippen molar-refractivity contribution in [2.75, 3.05) is 10.6 Å². The van der Waals surface area contributed by atoms with E-state index in [1.54, 1.807) is 0 Å². The maximum atomic E-state index is 13.6. The second kappa shape index (κ2) is 17.7. The van der Waals surface area contributed by atoms with Crippen LogP contribution in [0, 0.1) is 0 Å². The predicted molar refractivity (Wildman–Crippen MR) is 256 cm³/mol. The van der Waals surface area contributed by atoms with Crippen molar-refractivity contribution in [3.63, 3.8) is 0 Å². The Morgan fingerprint density at radius 2 is 0.820 bits per heavy atom. The lowest BCUT2D eigenvalue weighted by molar-refractivity contribution is -0.117. The average Bonchev–Trinajstić information content (AvgIpc) is 3.09. The molecule has 0 aromatic heterocycles. The Morgan fingerprint density at radius 3 is 1.16 bits per heavy atom. The fourth-order valence-corrected chi connectivity index (χ4v) is 7.73. The molecule has 4 aromatic carbocycles. The third-order valence-corrected chi connectivity index (χ3v) is 11.3. The third-order valence-electron chi connectivity index (χ3n) is 11.3. The first-order valence-corrected chi connectivity index (χ1v) is 21.8. The first-order chi connectivity index (χ1) is 27.7. The van der Waals surface area contributed by atoms with Gasteiger partial charge in [-0.15, -0.1) is 0 Å². The number of amides is 2. The van der Waals surface area contributed by atoms with Crippen LogP contribution >= 0.6 is 0 Å². The predicted octanol–water partition coefficient (Wildman–Crippen LogP) is 13.1. The lowest BCUT2D eigenvalue weighted by Crippen LogP contribution is -2.19. The summed E-state index contributed by atoms with van der Waals surface area (Å²) in [6.07, 6.45) is 1.86. The van der Waals surface area contributed by atoms with Crippen LogP contribution in [0.2, 0.25) is 0 Å². The number of nitrogens with one attached hydrogen (secondary N) is 2. The molecule has 0 aliphatic rings. The maximum absolute atomic E-state index is 13.6. The van der Waals surface area contributed by atoms with Crippen molar-refractivity contribution < 1.29 is 24.9 Å². The van der Waals surface area contributed by atoms with Crippen LogP contribution < -0.4 is 10.6 Å². The SMILES string of the molecule is C=C(C)c1cc(Cc2cc(NC(=O)CCc3cc(C(C)(C)C)c(O)c(C(C)(C)C)c3)cc(C(C)(C)C)c2O)cc(NC(=O)CCc2cc(C(C)(C)C)c(O)c(C(C)(C)C)c2)c1. The molecule has 2 amide bonds. The second-order valence-corrected chi connectivity index (χ2v) is 22.3. The van der Waals surface area contributed by atoms with Gasteiger partial charge in [0.05, 0.1) is 0 Å². The number of allylic oxidation sites excluding steroid dienone is 1. The van der Waals surface area contributed by atoms with Gasteiger partial charge in [0.25, 0.3) is 0 Å². The molecule has 0 unspecified atom stereocenters. The van der Waals surface area contributed by atoms with Gasteiger partial charge in [0.1, 0.15) is 17.2 Å². The summed E-state index contributed by atoms with van der Waals surface area (Å²) in [5, 5.41) is 40.3. The maximum Gasteiger partial charge on any atom is 0.224 e. The number of carbonyl (C=O) groups excluding carboxylic acids is 2. The fourth-order valence-electron chi connectivity index (χ4n) is 7.73. The van der Waals surface area contributed by atoms with Crippen molar-refractivity contribution in [3.05, 3.63) is 117 Å². The Morgan fingerprint density at radius 1 is 0.475 bits per heavy atom. The van der Waals surface area contributed by atoms with Gasteiger partial charge in [-0.1, -0.05) is 146 Å². The standard InChI is InChI=1S/C54H74N2O5/c1-32(2)36-22-35(24-38(29-36)55-45(57)20-18-33-25-40(50(3,4)5)48(60)41(26-33)51(6,7)8)23-37-30-39(31-44(47(37)59)54(15,16)17)56-46(58)21-19-34-27-42(52(9,10)11)49(61)43(28-34)53(12,13)14/h22,24-31,59-61H,1,18-21,23H2,2-17H3,(H,55,57)(H,56,58). The molecule has 7 heteroatoms. The highest BCUT2D eigenvalue weighted by atomic mass is 16.3. The summed E-state index contributed by atoms with van der Waals surface area (Å²) in [5.41, 5.74) is 9.15. The summed E-state index contributed by atoms with van der Waals surface area (Å²) in [6.45, 7) is 37.2. The van der Waals surface area contributed by atoms with Gasteiger partial charge >= 0.3 is 0 Å². The van der Waals surface area contributed by atoms with Crippen LogP contribution in [-0.4, -0.2) is 27.1 Å². The second-order valence-electron chi connectivity index (χ2n) is 22.3. The Hall–Kier alpha value is -5.04. The number of hydrogen-bond donors (Lipinski definition) is 5. The van der Waals surface area contributed by atoms with Crippen LogP contribution in [0.4, 0.5) is 11.4 Å². The molecule has 4 rings (SSSR count). The molecule has 0 bridgehead atoms. The van der Waals surface area contributed by atoms with Crippen LogP contribution in [0.25, 0.3) is 5.57 Å². The van der Waals surface area contributed by atoms with E-state index in [4.69, 9.17) is 0 Å². The summed E-state index contributed by atoms with van der Waals surface area (Å²) in [5.74, 6) is 0.527. The van der Waals surface area contributed by atoms with Gasteiger partial charge in [-0.05, 0) is 116 Å². The van der Waals surface area contributed by atoms with E-state index in [1.165, 1.54) is 0 Å². The number of carbonyl (C=O) groups is 2.